The SMILES string of the molecule is C#C[C@]1(OC(C)O)CCC2C3CC[C@H]4C[C@H](O)CC[C@]4(C)C3CC[C@@]21C. The third-order valence-corrected chi connectivity index (χ3v) is 9.36. The fourth-order valence-corrected chi connectivity index (χ4v) is 7.99. The summed E-state index contributed by atoms with van der Waals surface area (Å²) in [5, 5.41) is 20.1. The van der Waals surface area contributed by atoms with Crippen molar-refractivity contribution in [3.63, 3.8) is 0 Å². The van der Waals surface area contributed by atoms with Gasteiger partial charge in [0.25, 0.3) is 0 Å². The van der Waals surface area contributed by atoms with E-state index in [9.17, 15) is 10.2 Å². The number of hydrogen-bond donors (Lipinski definition) is 2. The first kappa shape index (κ1) is 18.8. The molecule has 4 unspecified atom stereocenters. The first-order valence-corrected chi connectivity index (χ1v) is 10.8. The number of terminal acetylenes is 1. The van der Waals surface area contributed by atoms with E-state index in [1.54, 1.807) is 6.92 Å². The molecule has 0 amide bonds. The summed E-state index contributed by atoms with van der Waals surface area (Å²) in [4.78, 5) is 0. The van der Waals surface area contributed by atoms with Crippen LogP contribution in [0.3, 0.4) is 0 Å². The molecule has 0 aromatic heterocycles. The van der Waals surface area contributed by atoms with E-state index in [0.29, 0.717) is 17.3 Å². The zero-order valence-electron chi connectivity index (χ0n) is 16.7. The van der Waals surface area contributed by atoms with Crippen molar-refractivity contribution >= 4 is 0 Å². The maximum atomic E-state index is 10.2. The van der Waals surface area contributed by atoms with E-state index >= 15 is 0 Å². The molecule has 0 bridgehead atoms. The zero-order chi connectivity index (χ0) is 18.7. The van der Waals surface area contributed by atoms with Crippen molar-refractivity contribution in [1.29, 1.82) is 0 Å². The van der Waals surface area contributed by atoms with Gasteiger partial charge >= 0.3 is 0 Å². The summed E-state index contributed by atoms with van der Waals surface area (Å²) in [6.07, 6.45) is 15.1. The first-order valence-electron chi connectivity index (χ1n) is 10.8. The van der Waals surface area contributed by atoms with Crippen molar-refractivity contribution in [3.8, 4) is 12.3 Å². The van der Waals surface area contributed by atoms with Gasteiger partial charge < -0.3 is 14.9 Å². The molecule has 3 nitrogen and oxygen atoms in total. The molecule has 0 aromatic rings. The Morgan fingerprint density at radius 3 is 2.46 bits per heavy atom. The van der Waals surface area contributed by atoms with Gasteiger partial charge in [-0.25, -0.2) is 0 Å². The van der Waals surface area contributed by atoms with Crippen LogP contribution in [0.4, 0.5) is 0 Å². The average molecular weight is 361 g/mol. The second-order valence-electron chi connectivity index (χ2n) is 10.3. The molecular weight excluding hydrogens is 324 g/mol. The highest BCUT2D eigenvalue weighted by Crippen LogP contribution is 2.68. The maximum Gasteiger partial charge on any atom is 0.153 e. The second kappa shape index (κ2) is 6.23. The molecule has 0 aliphatic heterocycles. The normalized spacial score (nSPS) is 54.5. The van der Waals surface area contributed by atoms with Crippen LogP contribution in [0, 0.1) is 46.8 Å². The minimum atomic E-state index is -0.813. The molecule has 0 radical (unpaired) electrons. The van der Waals surface area contributed by atoms with Crippen molar-refractivity contribution in [3.05, 3.63) is 0 Å². The third kappa shape index (κ3) is 2.45. The average Bonchev–Trinajstić information content (AvgIpc) is 2.88. The van der Waals surface area contributed by atoms with Crippen molar-refractivity contribution in [2.75, 3.05) is 0 Å². The number of fused-ring (bicyclic) bond motifs is 5. The number of rotatable bonds is 2. The summed E-state index contributed by atoms with van der Waals surface area (Å²) >= 11 is 0. The van der Waals surface area contributed by atoms with Gasteiger partial charge in [0.1, 0.15) is 5.60 Å². The molecule has 4 saturated carbocycles. The van der Waals surface area contributed by atoms with Crippen LogP contribution in [-0.2, 0) is 4.74 Å². The molecule has 4 fully saturated rings. The van der Waals surface area contributed by atoms with E-state index in [0.717, 1.165) is 43.9 Å². The molecule has 146 valence electrons. The van der Waals surface area contributed by atoms with Crippen molar-refractivity contribution in [2.45, 2.75) is 96.6 Å². The Bertz CT molecular complexity index is 595. The monoisotopic (exact) mass is 360 g/mol. The number of aliphatic hydroxyl groups is 2. The Labute approximate surface area is 158 Å². The van der Waals surface area contributed by atoms with Crippen LogP contribution in [0.5, 0.6) is 0 Å². The Kier molecular flexibility index (Phi) is 4.50. The third-order valence-electron chi connectivity index (χ3n) is 9.36. The van der Waals surface area contributed by atoms with Crippen LogP contribution in [0.2, 0.25) is 0 Å². The van der Waals surface area contributed by atoms with Gasteiger partial charge in [0.2, 0.25) is 0 Å². The van der Waals surface area contributed by atoms with Gasteiger partial charge in [-0.05, 0) is 93.8 Å². The van der Waals surface area contributed by atoms with Gasteiger partial charge in [0, 0.05) is 5.41 Å². The van der Waals surface area contributed by atoms with Crippen molar-refractivity contribution in [2.24, 2.45) is 34.5 Å². The lowest BCUT2D eigenvalue weighted by molar-refractivity contribution is -0.210. The fraction of sp³-hybridized carbons (Fsp3) is 0.913. The second-order valence-corrected chi connectivity index (χ2v) is 10.3. The predicted molar refractivity (Wildman–Crippen MR) is 102 cm³/mol. The molecule has 2 N–H and O–H groups in total. The van der Waals surface area contributed by atoms with Crippen LogP contribution in [0.1, 0.15) is 78.6 Å². The Hall–Kier alpha value is -0.560. The molecule has 0 saturated heterocycles. The van der Waals surface area contributed by atoms with Crippen LogP contribution < -0.4 is 0 Å². The molecular formula is C23H36O3. The van der Waals surface area contributed by atoms with E-state index in [4.69, 9.17) is 11.2 Å². The summed E-state index contributed by atoms with van der Waals surface area (Å²) in [6.45, 7) is 6.53. The lowest BCUT2D eigenvalue weighted by Crippen LogP contribution is -2.57. The minimum absolute atomic E-state index is 0.0305. The van der Waals surface area contributed by atoms with E-state index in [-0.39, 0.29) is 11.5 Å². The molecule has 9 atom stereocenters. The molecule has 0 spiro atoms. The molecule has 3 heteroatoms. The largest absolute Gasteiger partial charge is 0.393 e. The lowest BCUT2D eigenvalue weighted by Gasteiger charge is -2.61. The number of aliphatic hydroxyl groups excluding tert-OH is 2. The van der Waals surface area contributed by atoms with E-state index in [1.807, 2.05) is 0 Å². The highest BCUT2D eigenvalue weighted by atomic mass is 16.6. The quantitative estimate of drug-likeness (QED) is 0.575. The predicted octanol–water partition coefficient (Wildman–Crippen LogP) is 4.12. The lowest BCUT2D eigenvalue weighted by atomic mass is 9.44. The fourth-order valence-electron chi connectivity index (χ4n) is 7.99. The van der Waals surface area contributed by atoms with Gasteiger partial charge in [-0.2, -0.15) is 0 Å². The smallest absolute Gasteiger partial charge is 0.153 e. The highest BCUT2D eigenvalue weighted by molar-refractivity contribution is 5.24. The molecule has 4 rings (SSSR count). The Morgan fingerprint density at radius 1 is 1.04 bits per heavy atom. The van der Waals surface area contributed by atoms with Crippen LogP contribution in [0.15, 0.2) is 0 Å². The Morgan fingerprint density at radius 2 is 1.77 bits per heavy atom. The summed E-state index contributed by atoms with van der Waals surface area (Å²) in [5.74, 6) is 5.76. The van der Waals surface area contributed by atoms with Crippen molar-refractivity contribution < 1.29 is 14.9 Å². The maximum absolute atomic E-state index is 10.2. The summed E-state index contributed by atoms with van der Waals surface area (Å²) in [5.41, 5.74) is -0.259. The van der Waals surface area contributed by atoms with Crippen LogP contribution in [-0.4, -0.2) is 28.2 Å². The van der Waals surface area contributed by atoms with Gasteiger partial charge in [-0.1, -0.05) is 19.8 Å². The molecule has 0 aromatic carbocycles. The topological polar surface area (TPSA) is 49.7 Å². The Balaban J connectivity index is 1.63. The number of ether oxygens (including phenoxy) is 1. The first-order chi connectivity index (χ1) is 12.3. The standard InChI is InChI=1S/C23H36O3/c1-5-23(26-15(2)24)13-10-20-18-7-6-16-14-17(25)8-11-21(16,3)19(18)9-12-22(20,23)4/h1,15-20,24-25H,6-14H2,2-4H3/t15?,16-,17+,18?,19?,20?,21-,22-,23-/m0/s1. The number of hydrogen-bond acceptors (Lipinski definition) is 3. The molecule has 4 aliphatic rings. The van der Waals surface area contributed by atoms with Crippen LogP contribution >= 0.6 is 0 Å². The molecule has 26 heavy (non-hydrogen) atoms. The van der Waals surface area contributed by atoms with Crippen molar-refractivity contribution in [1.82, 2.24) is 0 Å². The van der Waals surface area contributed by atoms with Gasteiger partial charge in [0.15, 0.2) is 6.29 Å². The van der Waals surface area contributed by atoms with Gasteiger partial charge in [-0.15, -0.1) is 6.42 Å². The van der Waals surface area contributed by atoms with Gasteiger partial charge in [-0.3, -0.25) is 0 Å². The van der Waals surface area contributed by atoms with E-state index in [2.05, 4.69) is 19.8 Å². The molecule has 0 heterocycles. The van der Waals surface area contributed by atoms with Crippen LogP contribution in [0.25, 0.3) is 0 Å². The molecule has 4 aliphatic carbocycles. The zero-order valence-corrected chi connectivity index (χ0v) is 16.7. The van der Waals surface area contributed by atoms with Gasteiger partial charge in [0.05, 0.1) is 6.10 Å². The minimum Gasteiger partial charge on any atom is -0.393 e. The highest BCUT2D eigenvalue weighted by Gasteiger charge is 2.65. The summed E-state index contributed by atoms with van der Waals surface area (Å²) in [6, 6.07) is 0. The van der Waals surface area contributed by atoms with E-state index in [1.165, 1.54) is 25.7 Å². The summed E-state index contributed by atoms with van der Waals surface area (Å²) in [7, 11) is 0. The van der Waals surface area contributed by atoms with E-state index < -0.39 is 11.9 Å². The summed E-state index contributed by atoms with van der Waals surface area (Å²) < 4.78 is 6.03.